The van der Waals surface area contributed by atoms with Crippen LogP contribution in [0.2, 0.25) is 10.0 Å². The number of hydrogen-bond donors (Lipinski definition) is 2. The Morgan fingerprint density at radius 1 is 0.780 bits per heavy atom. The number of nitrogens with zero attached hydrogens (tertiary/aromatic N) is 1. The third-order valence-electron chi connectivity index (χ3n) is 8.15. The lowest BCUT2D eigenvalue weighted by molar-refractivity contribution is -0.155. The zero-order valence-electron chi connectivity index (χ0n) is 28.1. The second-order valence-corrected chi connectivity index (χ2v) is 12.6. The number of carbonyl (C=O) groups is 2. The fourth-order valence-corrected chi connectivity index (χ4v) is 5.90. The van der Waals surface area contributed by atoms with E-state index < -0.39 is 30.4 Å². The summed E-state index contributed by atoms with van der Waals surface area (Å²) in [6.45, 7) is 3.84. The summed E-state index contributed by atoms with van der Waals surface area (Å²) >= 11 is 12.8. The zero-order chi connectivity index (χ0) is 35.5. The number of aryl methyl sites for hydroxylation is 1. The molecule has 0 fully saturated rings. The van der Waals surface area contributed by atoms with E-state index in [9.17, 15) is 9.59 Å². The number of aliphatic imine (C=N–C) groups is 1. The summed E-state index contributed by atoms with van der Waals surface area (Å²) in [5, 5.41) is 7.84. The molecule has 258 valence electrons. The molecule has 0 aliphatic carbocycles. The molecule has 0 aliphatic heterocycles. The predicted molar refractivity (Wildman–Crippen MR) is 198 cm³/mol. The third-order valence-corrected chi connectivity index (χ3v) is 8.69. The molecular weight excluding hydrogens is 673 g/mol. The number of para-hydroxylation sites is 1. The van der Waals surface area contributed by atoms with Crippen LogP contribution in [0.15, 0.2) is 125 Å². The molecule has 0 spiro atoms. The van der Waals surface area contributed by atoms with Crippen LogP contribution >= 0.6 is 23.2 Å². The number of benzene rings is 4. The molecule has 3 unspecified atom stereocenters. The van der Waals surface area contributed by atoms with Crippen LogP contribution in [0.25, 0.3) is 11.3 Å². The van der Waals surface area contributed by atoms with Crippen molar-refractivity contribution in [3.63, 3.8) is 0 Å². The number of hydrogen-bond acceptors (Lipinski definition) is 8. The lowest BCUT2D eigenvalue weighted by Crippen LogP contribution is -2.34. The third kappa shape index (κ3) is 9.92. The SMILES string of the molecule is CNC(COC(=O)CC(=O)OCC(NC(C(C)=Nc1c(C)cccc1Cl)c1ccc(-c2cccc(Cl)c2)o1)c1ccccc1)c1ccccc1. The number of furan rings is 1. The number of halogens is 2. The van der Waals surface area contributed by atoms with Crippen molar-refractivity contribution in [1.29, 1.82) is 0 Å². The maximum atomic E-state index is 12.9. The van der Waals surface area contributed by atoms with Crippen LogP contribution in [0.4, 0.5) is 5.69 Å². The molecule has 0 radical (unpaired) electrons. The number of ether oxygens (including phenoxy) is 2. The van der Waals surface area contributed by atoms with Gasteiger partial charge in [0.25, 0.3) is 0 Å². The highest BCUT2D eigenvalue weighted by Gasteiger charge is 2.26. The molecule has 0 bridgehead atoms. The van der Waals surface area contributed by atoms with E-state index in [1.807, 2.05) is 117 Å². The highest BCUT2D eigenvalue weighted by Crippen LogP contribution is 2.33. The van der Waals surface area contributed by atoms with Crippen molar-refractivity contribution in [2.24, 2.45) is 4.99 Å². The standard InChI is InChI=1S/C40H39Cl2N3O5/c1-26-12-10-19-32(42)39(26)44-27(2)40(36-21-20-35(50-36)30-17-11-18-31(41)22-30)45-34(29-15-8-5-9-16-29)25-49-38(47)23-37(46)48-24-33(43-3)28-13-6-4-7-14-28/h4-22,33-34,40,43,45H,23-25H2,1-3H3. The van der Waals surface area contributed by atoms with Gasteiger partial charge in [-0.05, 0) is 67.9 Å². The smallest absolute Gasteiger partial charge is 0.317 e. The molecule has 0 saturated carbocycles. The number of nitrogens with one attached hydrogen (secondary N) is 2. The van der Waals surface area contributed by atoms with Crippen LogP contribution < -0.4 is 10.6 Å². The average molecular weight is 713 g/mol. The molecule has 50 heavy (non-hydrogen) atoms. The van der Waals surface area contributed by atoms with Crippen molar-refractivity contribution in [1.82, 2.24) is 10.6 Å². The van der Waals surface area contributed by atoms with Gasteiger partial charge in [-0.15, -0.1) is 0 Å². The van der Waals surface area contributed by atoms with E-state index in [2.05, 4.69) is 10.6 Å². The molecule has 10 heteroatoms. The Labute approximate surface area is 302 Å². The molecule has 1 heterocycles. The van der Waals surface area contributed by atoms with Gasteiger partial charge in [-0.1, -0.05) is 108 Å². The second-order valence-electron chi connectivity index (χ2n) is 11.7. The maximum Gasteiger partial charge on any atom is 0.317 e. The van der Waals surface area contributed by atoms with E-state index >= 15 is 0 Å². The fourth-order valence-electron chi connectivity index (χ4n) is 5.45. The van der Waals surface area contributed by atoms with E-state index in [1.165, 1.54) is 0 Å². The molecule has 8 nitrogen and oxygen atoms in total. The minimum Gasteiger partial charge on any atom is -0.463 e. The predicted octanol–water partition coefficient (Wildman–Crippen LogP) is 9.16. The maximum absolute atomic E-state index is 12.9. The Hall–Kier alpha value is -4.73. The summed E-state index contributed by atoms with van der Waals surface area (Å²) in [4.78, 5) is 30.5. The summed E-state index contributed by atoms with van der Waals surface area (Å²) in [5.41, 5.74) is 4.88. The number of carbonyl (C=O) groups excluding carboxylic acids is 2. The van der Waals surface area contributed by atoms with Crippen molar-refractivity contribution in [3.05, 3.63) is 148 Å². The zero-order valence-corrected chi connectivity index (χ0v) is 29.6. The highest BCUT2D eigenvalue weighted by atomic mass is 35.5. The Morgan fingerprint density at radius 2 is 1.40 bits per heavy atom. The topological polar surface area (TPSA) is 102 Å². The van der Waals surface area contributed by atoms with Gasteiger partial charge in [0.05, 0.1) is 22.8 Å². The lowest BCUT2D eigenvalue weighted by atomic mass is 10.0. The van der Waals surface area contributed by atoms with Crippen molar-refractivity contribution in [3.8, 4) is 11.3 Å². The molecule has 4 aromatic carbocycles. The fraction of sp³-hybridized carbons (Fsp3) is 0.225. The Kier molecular flexibility index (Phi) is 13.0. The Morgan fingerprint density at radius 3 is 2.02 bits per heavy atom. The van der Waals surface area contributed by atoms with E-state index in [4.69, 9.17) is 42.1 Å². The van der Waals surface area contributed by atoms with Gasteiger partial charge in [-0.25, -0.2) is 0 Å². The monoisotopic (exact) mass is 711 g/mol. The molecule has 0 aliphatic rings. The lowest BCUT2D eigenvalue weighted by Gasteiger charge is -2.25. The van der Waals surface area contributed by atoms with Gasteiger partial charge in [0.15, 0.2) is 0 Å². The van der Waals surface area contributed by atoms with E-state index in [0.29, 0.717) is 33.0 Å². The van der Waals surface area contributed by atoms with Crippen molar-refractivity contribution in [2.45, 2.75) is 38.4 Å². The van der Waals surface area contributed by atoms with Crippen LogP contribution in [0, 0.1) is 6.92 Å². The van der Waals surface area contributed by atoms with Gasteiger partial charge >= 0.3 is 11.9 Å². The summed E-state index contributed by atoms with van der Waals surface area (Å²) in [6, 6.07) is 34.7. The average Bonchev–Trinajstić information content (AvgIpc) is 3.61. The van der Waals surface area contributed by atoms with Crippen LogP contribution in [-0.2, 0) is 19.1 Å². The van der Waals surface area contributed by atoms with Gasteiger partial charge < -0.3 is 19.2 Å². The molecule has 3 atom stereocenters. The van der Waals surface area contributed by atoms with E-state index in [0.717, 1.165) is 22.3 Å². The van der Waals surface area contributed by atoms with Crippen molar-refractivity contribution in [2.75, 3.05) is 20.3 Å². The summed E-state index contributed by atoms with van der Waals surface area (Å²) in [7, 11) is 1.78. The quantitative estimate of drug-likeness (QED) is 0.0634. The molecule has 0 amide bonds. The number of rotatable bonds is 15. The van der Waals surface area contributed by atoms with Crippen molar-refractivity contribution >= 4 is 46.5 Å². The number of esters is 2. The van der Waals surface area contributed by atoms with Gasteiger partial charge in [-0.2, -0.15) is 0 Å². The summed E-state index contributed by atoms with van der Waals surface area (Å²) in [6.07, 6.45) is -0.524. The molecule has 5 aromatic rings. The second kappa shape index (κ2) is 17.8. The first-order valence-electron chi connectivity index (χ1n) is 16.2. The Bertz CT molecular complexity index is 1890. The molecule has 2 N–H and O–H groups in total. The first kappa shape index (κ1) is 36.5. The molecule has 5 rings (SSSR count). The van der Waals surface area contributed by atoms with Gasteiger partial charge in [0.1, 0.15) is 37.2 Å². The van der Waals surface area contributed by atoms with Crippen LogP contribution in [0.1, 0.15) is 53.9 Å². The normalized spacial score (nSPS) is 13.3. The van der Waals surface area contributed by atoms with Crippen LogP contribution in [0.5, 0.6) is 0 Å². The van der Waals surface area contributed by atoms with Crippen LogP contribution in [-0.4, -0.2) is 37.9 Å². The molecule has 1 aromatic heterocycles. The van der Waals surface area contributed by atoms with E-state index in [1.54, 1.807) is 19.2 Å². The van der Waals surface area contributed by atoms with E-state index in [-0.39, 0.29) is 19.3 Å². The number of likely N-dealkylation sites (N-methyl/N-ethyl adjacent to an activating group) is 1. The van der Waals surface area contributed by atoms with Crippen molar-refractivity contribution < 1.29 is 23.5 Å². The molecular formula is C40H39Cl2N3O5. The minimum absolute atomic E-state index is 0.0734. The molecule has 0 saturated heterocycles. The van der Waals surface area contributed by atoms with Gasteiger partial charge in [-0.3, -0.25) is 19.9 Å². The largest absolute Gasteiger partial charge is 0.463 e. The summed E-state index contributed by atoms with van der Waals surface area (Å²) < 4.78 is 17.5. The highest BCUT2D eigenvalue weighted by molar-refractivity contribution is 6.33. The van der Waals surface area contributed by atoms with Crippen LogP contribution in [0.3, 0.4) is 0 Å². The van der Waals surface area contributed by atoms with Gasteiger partial charge in [0, 0.05) is 16.3 Å². The summed E-state index contributed by atoms with van der Waals surface area (Å²) in [5.74, 6) is -0.159. The minimum atomic E-state index is -0.701. The Balaban J connectivity index is 1.36. The van der Waals surface area contributed by atoms with Gasteiger partial charge in [0.2, 0.25) is 0 Å². The first-order chi connectivity index (χ1) is 24.2. The first-order valence-corrected chi connectivity index (χ1v) is 17.0.